The van der Waals surface area contributed by atoms with Gasteiger partial charge in [-0.25, -0.2) is 4.99 Å². The van der Waals surface area contributed by atoms with Crippen LogP contribution in [0.2, 0.25) is 0 Å². The molecule has 246 valence electrons. The number of aliphatic imine (C=N–C) groups is 1. The van der Waals surface area contributed by atoms with Gasteiger partial charge >= 0.3 is 25.3 Å². The van der Waals surface area contributed by atoms with E-state index in [4.69, 9.17) is 14.9 Å². The van der Waals surface area contributed by atoms with Crippen molar-refractivity contribution in [2.75, 3.05) is 26.7 Å². The van der Waals surface area contributed by atoms with Gasteiger partial charge in [0.15, 0.2) is 0 Å². The minimum absolute atomic E-state index is 0.00952. The van der Waals surface area contributed by atoms with E-state index in [1.807, 2.05) is 24.3 Å². The number of allylic oxidation sites excluding steroid dienone is 2. The molecule has 1 aromatic heterocycles. The molecule has 2 heterocycles. The molecule has 0 spiro atoms. The van der Waals surface area contributed by atoms with Crippen molar-refractivity contribution in [2.45, 2.75) is 52.0 Å². The predicted molar refractivity (Wildman–Crippen MR) is 167 cm³/mol. The van der Waals surface area contributed by atoms with E-state index >= 15 is 0 Å². The topological polar surface area (TPSA) is 171 Å². The summed E-state index contributed by atoms with van der Waals surface area (Å²) in [6, 6.07) is 6.02. The summed E-state index contributed by atoms with van der Waals surface area (Å²) in [6.45, 7) is 2.05. The molecule has 0 fully saturated rings. The minimum atomic E-state index is -2.81. The molecule has 1 aliphatic rings. The molecule has 1 aliphatic heterocycles. The van der Waals surface area contributed by atoms with Crippen LogP contribution in [-0.2, 0) is 25.6 Å². The van der Waals surface area contributed by atoms with Gasteiger partial charge in [0, 0.05) is 29.9 Å². The molecule has 3 rings (SSSR count). The maximum atomic E-state index is 14.2. The number of carbonyl (C=O) groups is 4. The van der Waals surface area contributed by atoms with Gasteiger partial charge in [0.2, 0.25) is 5.91 Å². The van der Waals surface area contributed by atoms with Crippen LogP contribution in [0.5, 0.6) is 5.75 Å². The van der Waals surface area contributed by atoms with Crippen molar-refractivity contribution in [3.05, 3.63) is 70.2 Å². The standard InChI is InChI=1S/C31H37BF2N4O8/c1-19-24(12-14-28(39)35-15-5-4-6-26(31(44)45)37(17-29(40)41)18-30(42)43)20(2)38(32(33)34)27(19)16-22-9-13-25(36-22)21-7-10-23(46-3)11-8-21/h7-11,13,16,26H,4-6,12,14-15,17-18H2,1-3H3,(H,35,39)(H,40,41)(H,42,43)(H,44,45)/b22-16-. The lowest BCUT2D eigenvalue weighted by molar-refractivity contribution is -0.149. The molecular formula is C31H37BF2N4O8. The van der Waals surface area contributed by atoms with E-state index in [-0.39, 0.29) is 38.1 Å². The number of carboxylic acid groups (broad SMARTS) is 3. The number of halogens is 2. The molecule has 1 atom stereocenters. The highest BCUT2D eigenvalue weighted by molar-refractivity contribution is 6.41. The van der Waals surface area contributed by atoms with E-state index < -0.39 is 44.4 Å². The molecule has 1 unspecified atom stereocenters. The number of methoxy groups -OCH3 is 1. The number of nitrogens with zero attached hydrogens (tertiary/aromatic N) is 3. The van der Waals surface area contributed by atoms with Gasteiger partial charge < -0.3 is 29.9 Å². The van der Waals surface area contributed by atoms with Gasteiger partial charge in [-0.1, -0.05) is 0 Å². The van der Waals surface area contributed by atoms with Crippen molar-refractivity contribution >= 4 is 43.0 Å². The van der Waals surface area contributed by atoms with Gasteiger partial charge in [-0.15, -0.1) is 0 Å². The van der Waals surface area contributed by atoms with Crippen LogP contribution in [0, 0.1) is 13.8 Å². The van der Waals surface area contributed by atoms with E-state index in [1.165, 1.54) is 0 Å². The second kappa shape index (κ2) is 16.5. The van der Waals surface area contributed by atoms with Crippen LogP contribution in [0.4, 0.5) is 8.63 Å². The van der Waals surface area contributed by atoms with E-state index in [0.29, 0.717) is 46.1 Å². The highest BCUT2D eigenvalue weighted by Crippen LogP contribution is 2.28. The average molecular weight is 642 g/mol. The Morgan fingerprint density at radius 1 is 1.04 bits per heavy atom. The molecular weight excluding hydrogens is 605 g/mol. The Kier molecular flexibility index (Phi) is 12.8. The molecule has 1 amide bonds. The van der Waals surface area contributed by atoms with E-state index in [0.717, 1.165) is 14.9 Å². The Bertz CT molecular complexity index is 1520. The molecule has 46 heavy (non-hydrogen) atoms. The van der Waals surface area contributed by atoms with Crippen LogP contribution in [0.25, 0.3) is 6.08 Å². The minimum Gasteiger partial charge on any atom is -0.497 e. The first-order valence-electron chi connectivity index (χ1n) is 14.6. The molecule has 15 heteroatoms. The van der Waals surface area contributed by atoms with Crippen LogP contribution in [0.1, 0.15) is 53.8 Å². The van der Waals surface area contributed by atoms with Crippen LogP contribution < -0.4 is 10.1 Å². The molecule has 0 radical (unpaired) electrons. The van der Waals surface area contributed by atoms with Crippen LogP contribution >= 0.6 is 0 Å². The number of unbranched alkanes of at least 4 members (excludes halogenated alkanes) is 1. The first kappa shape index (κ1) is 35.7. The number of aliphatic carboxylic acids is 3. The number of carbonyl (C=O) groups excluding carboxylic acids is 1. The predicted octanol–water partition coefficient (Wildman–Crippen LogP) is 3.43. The van der Waals surface area contributed by atoms with Gasteiger partial charge in [0.1, 0.15) is 11.8 Å². The number of hydrogen-bond donors (Lipinski definition) is 4. The lowest BCUT2D eigenvalue weighted by Crippen LogP contribution is -2.46. The molecule has 4 N–H and O–H groups in total. The van der Waals surface area contributed by atoms with Gasteiger partial charge in [0.25, 0.3) is 0 Å². The van der Waals surface area contributed by atoms with Gasteiger partial charge in [-0.2, -0.15) is 0 Å². The number of nitrogens with one attached hydrogen (secondary N) is 1. The number of rotatable bonds is 18. The van der Waals surface area contributed by atoms with Gasteiger partial charge in [-0.05, 0) is 93.2 Å². The quantitative estimate of drug-likeness (QED) is 0.141. The van der Waals surface area contributed by atoms with Crippen molar-refractivity contribution in [1.29, 1.82) is 0 Å². The summed E-state index contributed by atoms with van der Waals surface area (Å²) in [4.78, 5) is 51.8. The molecule has 0 aliphatic carbocycles. The van der Waals surface area contributed by atoms with Crippen molar-refractivity contribution in [3.8, 4) is 5.75 Å². The van der Waals surface area contributed by atoms with Crippen LogP contribution in [0.3, 0.4) is 0 Å². The van der Waals surface area contributed by atoms with E-state index in [1.54, 1.807) is 39.2 Å². The summed E-state index contributed by atoms with van der Waals surface area (Å²) in [7, 11) is -1.23. The highest BCUT2D eigenvalue weighted by Gasteiger charge is 2.29. The Morgan fingerprint density at radius 3 is 2.26 bits per heavy atom. The highest BCUT2D eigenvalue weighted by atomic mass is 19.2. The Morgan fingerprint density at radius 2 is 1.70 bits per heavy atom. The SMILES string of the molecule is COc1ccc(C2=N/C(=C\c3c(C)c(CCC(=O)NCCCCC(C(=O)O)N(CC(=O)O)CC(=O)O)c(C)n3B(F)F)C=C2)cc1. The van der Waals surface area contributed by atoms with Gasteiger partial charge in [-0.3, -0.25) is 32.7 Å². The molecule has 0 bridgehead atoms. The van der Waals surface area contributed by atoms with Crippen LogP contribution in [0.15, 0.2) is 47.1 Å². The summed E-state index contributed by atoms with van der Waals surface area (Å²) < 4.78 is 34.5. The third kappa shape index (κ3) is 9.61. The van der Waals surface area contributed by atoms with Gasteiger partial charge in [0.05, 0.1) is 31.6 Å². The summed E-state index contributed by atoms with van der Waals surface area (Å²) in [5.74, 6) is -3.64. The maximum Gasteiger partial charge on any atom is 0.677 e. The summed E-state index contributed by atoms with van der Waals surface area (Å²) in [5.41, 5.74) is 3.94. The third-order valence-electron chi connectivity index (χ3n) is 7.65. The number of benzene rings is 1. The smallest absolute Gasteiger partial charge is 0.497 e. The first-order valence-corrected chi connectivity index (χ1v) is 14.6. The third-order valence-corrected chi connectivity index (χ3v) is 7.65. The largest absolute Gasteiger partial charge is 0.677 e. The number of hydrogen-bond acceptors (Lipinski definition) is 7. The fourth-order valence-corrected chi connectivity index (χ4v) is 5.35. The Labute approximate surface area is 265 Å². The monoisotopic (exact) mass is 642 g/mol. The molecule has 0 saturated carbocycles. The first-order chi connectivity index (χ1) is 21.8. The second-order valence-electron chi connectivity index (χ2n) is 10.7. The van der Waals surface area contributed by atoms with Crippen molar-refractivity contribution in [3.63, 3.8) is 0 Å². The zero-order valence-corrected chi connectivity index (χ0v) is 25.8. The van der Waals surface area contributed by atoms with Crippen molar-refractivity contribution < 1.29 is 47.9 Å². The molecule has 0 saturated heterocycles. The lowest BCUT2D eigenvalue weighted by Gasteiger charge is -2.25. The Balaban J connectivity index is 1.60. The molecule has 2 aromatic rings. The van der Waals surface area contributed by atoms with Crippen molar-refractivity contribution in [2.24, 2.45) is 4.99 Å². The normalized spacial score (nSPS) is 14.0. The second-order valence-corrected chi connectivity index (χ2v) is 10.7. The maximum absolute atomic E-state index is 14.2. The lowest BCUT2D eigenvalue weighted by atomic mass is 10.0. The fourth-order valence-electron chi connectivity index (χ4n) is 5.35. The summed E-state index contributed by atoms with van der Waals surface area (Å²) in [6.07, 6.45) is 6.06. The number of ether oxygens (including phenoxy) is 1. The Hall–Kier alpha value is -4.79. The zero-order valence-electron chi connectivity index (χ0n) is 25.8. The zero-order chi connectivity index (χ0) is 34.0. The van der Waals surface area contributed by atoms with E-state index in [2.05, 4.69) is 10.3 Å². The number of carboxylic acids is 3. The number of amides is 1. The summed E-state index contributed by atoms with van der Waals surface area (Å²) >= 11 is 0. The summed E-state index contributed by atoms with van der Waals surface area (Å²) in [5, 5.41) is 30.2. The molecule has 1 aromatic carbocycles. The van der Waals surface area contributed by atoms with Crippen LogP contribution in [-0.4, -0.2) is 94.4 Å². The number of aromatic nitrogens is 1. The fraction of sp³-hybridized carbons (Fsp3) is 0.387. The molecule has 12 nitrogen and oxygen atoms in total. The van der Waals surface area contributed by atoms with Crippen molar-refractivity contribution in [1.82, 2.24) is 14.7 Å². The average Bonchev–Trinajstić information content (AvgIpc) is 3.54. The van der Waals surface area contributed by atoms with E-state index in [9.17, 15) is 32.9 Å².